The molecule has 2 heterocycles. The SMILES string of the molecule is CCc1ccc(C2C(C(=O)Nc3ccc(C)cc3C)=C(C)Nc3nc(SCc4ccccc4Cl)nn32)cc1. The van der Waals surface area contributed by atoms with Gasteiger partial charge in [-0.1, -0.05) is 90.4 Å². The predicted octanol–water partition coefficient (Wildman–Crippen LogP) is 7.33. The number of halogens is 1. The molecule has 1 amide bonds. The largest absolute Gasteiger partial charge is 0.328 e. The zero-order valence-electron chi connectivity index (χ0n) is 21.9. The molecule has 38 heavy (non-hydrogen) atoms. The molecule has 4 aromatic rings. The van der Waals surface area contributed by atoms with Crippen LogP contribution in [0, 0.1) is 13.8 Å². The van der Waals surface area contributed by atoms with E-state index in [4.69, 9.17) is 21.7 Å². The van der Waals surface area contributed by atoms with Gasteiger partial charge in [0.15, 0.2) is 0 Å². The van der Waals surface area contributed by atoms with Gasteiger partial charge in [-0.2, -0.15) is 4.98 Å². The summed E-state index contributed by atoms with van der Waals surface area (Å²) in [4.78, 5) is 18.5. The molecule has 0 bridgehead atoms. The first-order valence-electron chi connectivity index (χ1n) is 12.6. The van der Waals surface area contributed by atoms with Crippen molar-refractivity contribution < 1.29 is 4.79 Å². The molecule has 0 saturated carbocycles. The van der Waals surface area contributed by atoms with E-state index in [1.54, 1.807) is 0 Å². The summed E-state index contributed by atoms with van der Waals surface area (Å²) in [6, 6.07) is 21.7. The number of carbonyl (C=O) groups excluding carboxylic acids is 1. The second-order valence-corrected chi connectivity index (χ2v) is 10.8. The molecule has 1 aromatic heterocycles. The number of anilines is 2. The maximum atomic E-state index is 13.8. The van der Waals surface area contributed by atoms with E-state index in [0.29, 0.717) is 22.4 Å². The first-order chi connectivity index (χ1) is 18.3. The van der Waals surface area contributed by atoms with Gasteiger partial charge in [0, 0.05) is 22.2 Å². The van der Waals surface area contributed by atoms with Gasteiger partial charge in [0.2, 0.25) is 11.1 Å². The molecule has 1 aliphatic rings. The van der Waals surface area contributed by atoms with Crippen LogP contribution in [0.5, 0.6) is 0 Å². The highest BCUT2D eigenvalue weighted by Gasteiger charge is 2.34. The normalized spacial score (nSPS) is 14.7. The molecule has 0 spiro atoms. The van der Waals surface area contributed by atoms with Crippen LogP contribution in [-0.4, -0.2) is 20.7 Å². The Morgan fingerprint density at radius 3 is 2.55 bits per heavy atom. The molecule has 0 saturated heterocycles. The fourth-order valence-electron chi connectivity index (χ4n) is 4.63. The lowest BCUT2D eigenvalue weighted by Gasteiger charge is -2.29. The van der Waals surface area contributed by atoms with Gasteiger partial charge >= 0.3 is 0 Å². The molecule has 8 heteroatoms. The average Bonchev–Trinajstić information content (AvgIpc) is 3.31. The van der Waals surface area contributed by atoms with Crippen molar-refractivity contribution in [2.75, 3.05) is 10.6 Å². The molecule has 0 aliphatic carbocycles. The molecule has 1 aliphatic heterocycles. The zero-order valence-corrected chi connectivity index (χ0v) is 23.5. The van der Waals surface area contributed by atoms with Crippen molar-refractivity contribution in [3.63, 3.8) is 0 Å². The number of hydrogen-bond acceptors (Lipinski definition) is 5. The summed E-state index contributed by atoms with van der Waals surface area (Å²) in [6.45, 7) is 8.09. The van der Waals surface area contributed by atoms with Crippen LogP contribution in [0.25, 0.3) is 0 Å². The lowest BCUT2D eigenvalue weighted by Crippen LogP contribution is -2.31. The Morgan fingerprint density at radius 2 is 1.84 bits per heavy atom. The van der Waals surface area contributed by atoms with E-state index in [0.717, 1.165) is 45.1 Å². The van der Waals surface area contributed by atoms with E-state index in [1.165, 1.54) is 17.3 Å². The molecule has 1 unspecified atom stereocenters. The highest BCUT2D eigenvalue weighted by atomic mass is 35.5. The van der Waals surface area contributed by atoms with E-state index >= 15 is 0 Å². The van der Waals surface area contributed by atoms with Gasteiger partial charge in [0.25, 0.3) is 5.91 Å². The van der Waals surface area contributed by atoms with Crippen LogP contribution in [-0.2, 0) is 17.0 Å². The van der Waals surface area contributed by atoms with Crippen molar-refractivity contribution in [3.8, 4) is 0 Å². The van der Waals surface area contributed by atoms with Crippen molar-refractivity contribution in [1.82, 2.24) is 14.8 Å². The van der Waals surface area contributed by atoms with Gasteiger partial charge < -0.3 is 10.6 Å². The minimum atomic E-state index is -0.426. The Morgan fingerprint density at radius 1 is 1.08 bits per heavy atom. The minimum Gasteiger partial charge on any atom is -0.328 e. The monoisotopic (exact) mass is 543 g/mol. The van der Waals surface area contributed by atoms with Gasteiger partial charge in [-0.05, 0) is 61.6 Å². The van der Waals surface area contributed by atoms with Crippen molar-refractivity contribution >= 4 is 40.9 Å². The molecule has 0 fully saturated rings. The van der Waals surface area contributed by atoms with Crippen LogP contribution >= 0.6 is 23.4 Å². The van der Waals surface area contributed by atoms with Crippen LogP contribution in [0.15, 0.2) is 83.2 Å². The maximum Gasteiger partial charge on any atom is 0.255 e. The van der Waals surface area contributed by atoms with Crippen LogP contribution < -0.4 is 10.6 Å². The lowest BCUT2D eigenvalue weighted by molar-refractivity contribution is -0.113. The maximum absolute atomic E-state index is 13.8. The summed E-state index contributed by atoms with van der Waals surface area (Å²) in [5, 5.41) is 12.6. The van der Waals surface area contributed by atoms with Crippen molar-refractivity contribution in [1.29, 1.82) is 0 Å². The number of nitrogens with zero attached hydrogens (tertiary/aromatic N) is 3. The fraction of sp³-hybridized carbons (Fsp3) is 0.233. The quantitative estimate of drug-likeness (QED) is 0.239. The number of aromatic nitrogens is 3. The Kier molecular flexibility index (Phi) is 7.58. The minimum absolute atomic E-state index is 0.169. The number of thioether (sulfide) groups is 1. The number of allylic oxidation sites excluding steroid dienone is 1. The fourth-order valence-corrected chi connectivity index (χ4v) is 5.75. The topological polar surface area (TPSA) is 71.8 Å². The first-order valence-corrected chi connectivity index (χ1v) is 14.0. The molecule has 0 radical (unpaired) electrons. The predicted molar refractivity (Wildman–Crippen MR) is 156 cm³/mol. The van der Waals surface area contributed by atoms with Crippen LogP contribution in [0.3, 0.4) is 0 Å². The second-order valence-electron chi connectivity index (χ2n) is 9.48. The van der Waals surface area contributed by atoms with Gasteiger partial charge in [-0.3, -0.25) is 4.79 Å². The van der Waals surface area contributed by atoms with Gasteiger partial charge in [0.1, 0.15) is 6.04 Å². The van der Waals surface area contributed by atoms with Crippen LogP contribution in [0.4, 0.5) is 11.6 Å². The summed E-state index contributed by atoms with van der Waals surface area (Å²) >= 11 is 7.87. The van der Waals surface area contributed by atoms with Gasteiger partial charge in [0.05, 0.1) is 5.57 Å². The number of amides is 1. The first kappa shape index (κ1) is 26.1. The average molecular weight is 544 g/mol. The summed E-state index contributed by atoms with van der Waals surface area (Å²) < 4.78 is 1.82. The number of carbonyl (C=O) groups is 1. The number of rotatable bonds is 7. The third-order valence-electron chi connectivity index (χ3n) is 6.73. The van der Waals surface area contributed by atoms with E-state index < -0.39 is 6.04 Å². The van der Waals surface area contributed by atoms with E-state index in [1.807, 2.05) is 61.9 Å². The smallest absolute Gasteiger partial charge is 0.255 e. The molecular formula is C30H30ClN5OS. The Labute approximate surface area is 232 Å². The van der Waals surface area contributed by atoms with E-state index in [2.05, 4.69) is 47.9 Å². The summed E-state index contributed by atoms with van der Waals surface area (Å²) in [5.41, 5.74) is 7.55. The number of fused-ring (bicyclic) bond motifs is 1. The van der Waals surface area contributed by atoms with Gasteiger partial charge in [-0.15, -0.1) is 5.10 Å². The summed E-state index contributed by atoms with van der Waals surface area (Å²) in [7, 11) is 0. The highest BCUT2D eigenvalue weighted by molar-refractivity contribution is 7.98. The Balaban J connectivity index is 1.50. The zero-order chi connectivity index (χ0) is 26.8. The molecule has 194 valence electrons. The third kappa shape index (κ3) is 5.35. The van der Waals surface area contributed by atoms with E-state index in [-0.39, 0.29) is 5.91 Å². The highest BCUT2D eigenvalue weighted by Crippen LogP contribution is 2.37. The lowest BCUT2D eigenvalue weighted by atomic mass is 9.94. The van der Waals surface area contributed by atoms with Crippen molar-refractivity contribution in [2.45, 2.75) is 51.1 Å². The second kappa shape index (κ2) is 11.1. The van der Waals surface area contributed by atoms with Gasteiger partial charge in [-0.25, -0.2) is 4.68 Å². The Bertz CT molecular complexity index is 1530. The number of benzene rings is 3. The number of aryl methyl sites for hydroxylation is 3. The van der Waals surface area contributed by atoms with Crippen molar-refractivity contribution in [2.24, 2.45) is 0 Å². The molecule has 3 aromatic carbocycles. The van der Waals surface area contributed by atoms with Crippen molar-refractivity contribution in [3.05, 3.63) is 111 Å². The van der Waals surface area contributed by atoms with E-state index in [9.17, 15) is 4.79 Å². The standard InChI is InChI=1S/C30H30ClN5OS/c1-5-21-11-13-22(14-12-21)27-26(28(37)33-25-15-10-18(2)16-19(25)3)20(4)32-29-34-30(35-36(27)29)38-17-23-8-6-7-9-24(23)31/h6-16,27H,5,17H2,1-4H3,(H,33,37)(H,32,34,35). The van der Waals surface area contributed by atoms with Crippen LogP contribution in [0.2, 0.25) is 5.02 Å². The molecule has 1 atom stereocenters. The molecule has 2 N–H and O–H groups in total. The summed E-state index contributed by atoms with van der Waals surface area (Å²) in [5.74, 6) is 1.08. The third-order valence-corrected chi connectivity index (χ3v) is 7.98. The summed E-state index contributed by atoms with van der Waals surface area (Å²) in [6.07, 6.45) is 0.943. The number of hydrogen-bond donors (Lipinski definition) is 2. The van der Waals surface area contributed by atoms with Crippen LogP contribution in [0.1, 0.15) is 47.7 Å². The molecule has 6 nitrogen and oxygen atoms in total. The molecule has 5 rings (SSSR count). The number of nitrogens with one attached hydrogen (secondary N) is 2. The Hall–Kier alpha value is -3.55. The molecular weight excluding hydrogens is 514 g/mol.